The third kappa shape index (κ3) is 4.90. The molecule has 0 aromatic heterocycles. The Morgan fingerprint density at radius 3 is 2.34 bits per heavy atom. The molecule has 1 aliphatic heterocycles. The Hall–Kier alpha value is -3.36. The summed E-state index contributed by atoms with van der Waals surface area (Å²) < 4.78 is 29.2. The Kier molecular flexibility index (Phi) is 6.87. The SMILES string of the molecule is Cc1cc(C)c(S(=O)(=O)N2c3ccccc3NC(=O)C2CC(=O)NCc2ccccc2Cl)c(C)c1. The summed E-state index contributed by atoms with van der Waals surface area (Å²) in [6.45, 7) is 5.51. The predicted octanol–water partition coefficient (Wildman–Crippen LogP) is 4.49. The fourth-order valence-corrected chi connectivity index (χ4v) is 6.74. The number of nitrogens with one attached hydrogen (secondary N) is 2. The van der Waals surface area contributed by atoms with Gasteiger partial charge in [0.15, 0.2) is 0 Å². The first-order valence-electron chi connectivity index (χ1n) is 11.1. The molecule has 0 saturated carbocycles. The number of anilines is 2. The van der Waals surface area contributed by atoms with Crippen LogP contribution in [-0.4, -0.2) is 26.3 Å². The minimum Gasteiger partial charge on any atom is -0.352 e. The number of rotatable bonds is 6. The molecule has 0 bridgehead atoms. The van der Waals surface area contributed by atoms with Gasteiger partial charge in [-0.3, -0.25) is 13.9 Å². The van der Waals surface area contributed by atoms with Crippen LogP contribution in [0.1, 0.15) is 28.7 Å². The van der Waals surface area contributed by atoms with E-state index in [1.54, 1.807) is 74.5 Å². The van der Waals surface area contributed by atoms with Gasteiger partial charge in [0.1, 0.15) is 6.04 Å². The molecule has 4 rings (SSSR count). The van der Waals surface area contributed by atoms with Crippen molar-refractivity contribution in [3.63, 3.8) is 0 Å². The molecule has 0 saturated heterocycles. The van der Waals surface area contributed by atoms with Gasteiger partial charge in [0.25, 0.3) is 10.0 Å². The smallest absolute Gasteiger partial charge is 0.265 e. The molecule has 3 aromatic rings. The highest BCUT2D eigenvalue weighted by molar-refractivity contribution is 7.93. The number of fused-ring (bicyclic) bond motifs is 1. The third-order valence-electron chi connectivity index (χ3n) is 5.92. The van der Waals surface area contributed by atoms with Crippen molar-refractivity contribution in [3.8, 4) is 0 Å². The van der Waals surface area contributed by atoms with Crippen molar-refractivity contribution in [1.82, 2.24) is 5.32 Å². The summed E-state index contributed by atoms with van der Waals surface area (Å²) >= 11 is 6.17. The second-order valence-corrected chi connectivity index (χ2v) is 10.8. The number of benzene rings is 3. The van der Waals surface area contributed by atoms with E-state index in [2.05, 4.69) is 10.6 Å². The number of carbonyl (C=O) groups excluding carboxylic acids is 2. The summed E-state index contributed by atoms with van der Waals surface area (Å²) in [7, 11) is -4.18. The summed E-state index contributed by atoms with van der Waals surface area (Å²) in [5.41, 5.74) is 3.50. The summed E-state index contributed by atoms with van der Waals surface area (Å²) in [6.07, 6.45) is -0.353. The molecule has 2 N–H and O–H groups in total. The summed E-state index contributed by atoms with van der Waals surface area (Å²) in [4.78, 5) is 26.1. The second kappa shape index (κ2) is 9.71. The average Bonchev–Trinajstić information content (AvgIpc) is 2.78. The van der Waals surface area contributed by atoms with E-state index in [-0.39, 0.29) is 17.9 Å². The maximum Gasteiger partial charge on any atom is 0.265 e. The zero-order chi connectivity index (χ0) is 25.3. The molecule has 2 amide bonds. The number of amides is 2. The van der Waals surface area contributed by atoms with Gasteiger partial charge < -0.3 is 10.6 Å². The standard InChI is InChI=1S/C26H26ClN3O4S/c1-16-12-17(2)25(18(3)13-16)35(33,34)30-22-11-7-6-10-21(22)29-26(32)23(30)14-24(31)28-15-19-8-4-5-9-20(19)27/h4-13,23H,14-15H2,1-3H3,(H,28,31)(H,29,32). The number of sulfonamides is 1. The molecule has 182 valence electrons. The van der Waals surface area contributed by atoms with Crippen molar-refractivity contribution in [2.45, 2.75) is 44.7 Å². The minimum atomic E-state index is -4.18. The van der Waals surface area contributed by atoms with E-state index in [0.717, 1.165) is 15.4 Å². The molecule has 0 fully saturated rings. The van der Waals surface area contributed by atoms with Gasteiger partial charge in [-0.15, -0.1) is 0 Å². The molecule has 0 radical (unpaired) electrons. The Morgan fingerprint density at radius 1 is 1.03 bits per heavy atom. The highest BCUT2D eigenvalue weighted by Gasteiger charge is 2.42. The van der Waals surface area contributed by atoms with E-state index in [4.69, 9.17) is 11.6 Å². The molecular formula is C26H26ClN3O4S. The second-order valence-electron chi connectivity index (χ2n) is 8.62. The molecule has 1 heterocycles. The highest BCUT2D eigenvalue weighted by atomic mass is 35.5. The van der Waals surface area contributed by atoms with Gasteiger partial charge in [-0.05, 0) is 55.7 Å². The lowest BCUT2D eigenvalue weighted by atomic mass is 10.1. The molecule has 0 aliphatic carbocycles. The molecule has 35 heavy (non-hydrogen) atoms. The fourth-order valence-electron chi connectivity index (χ4n) is 4.49. The van der Waals surface area contributed by atoms with E-state index < -0.39 is 27.9 Å². The maximum absolute atomic E-state index is 14.1. The quantitative estimate of drug-likeness (QED) is 0.509. The van der Waals surface area contributed by atoms with Crippen molar-refractivity contribution in [2.75, 3.05) is 9.62 Å². The van der Waals surface area contributed by atoms with Crippen LogP contribution in [0.5, 0.6) is 0 Å². The van der Waals surface area contributed by atoms with Crippen LogP contribution in [-0.2, 0) is 26.2 Å². The number of aryl methyl sites for hydroxylation is 3. The first-order chi connectivity index (χ1) is 16.6. The zero-order valence-corrected chi connectivity index (χ0v) is 21.2. The lowest BCUT2D eigenvalue weighted by molar-refractivity contribution is -0.125. The summed E-state index contributed by atoms with van der Waals surface area (Å²) in [5, 5.41) is 6.00. The van der Waals surface area contributed by atoms with Gasteiger partial charge >= 0.3 is 0 Å². The van der Waals surface area contributed by atoms with Crippen molar-refractivity contribution in [2.24, 2.45) is 0 Å². The van der Waals surface area contributed by atoms with Crippen molar-refractivity contribution in [3.05, 3.63) is 87.9 Å². The number of hydrogen-bond acceptors (Lipinski definition) is 4. The van der Waals surface area contributed by atoms with E-state index >= 15 is 0 Å². The van der Waals surface area contributed by atoms with E-state index in [1.165, 1.54) is 0 Å². The number of halogens is 1. The molecule has 1 unspecified atom stereocenters. The molecule has 9 heteroatoms. The van der Waals surface area contributed by atoms with E-state index in [1.807, 2.05) is 6.92 Å². The van der Waals surface area contributed by atoms with Gasteiger partial charge in [0, 0.05) is 11.6 Å². The number of para-hydroxylation sites is 2. The average molecular weight is 512 g/mol. The largest absolute Gasteiger partial charge is 0.352 e. The van der Waals surface area contributed by atoms with E-state index in [0.29, 0.717) is 27.5 Å². The van der Waals surface area contributed by atoms with Crippen LogP contribution < -0.4 is 14.9 Å². The van der Waals surface area contributed by atoms with Crippen LogP contribution in [0.25, 0.3) is 0 Å². The summed E-state index contributed by atoms with van der Waals surface area (Å²) in [6, 6.07) is 16.1. The molecule has 0 spiro atoms. The van der Waals surface area contributed by atoms with Gasteiger partial charge in [-0.1, -0.05) is 59.6 Å². The van der Waals surface area contributed by atoms with Crippen molar-refractivity contribution >= 4 is 44.8 Å². The molecular weight excluding hydrogens is 486 g/mol. The minimum absolute atomic E-state index is 0.133. The lowest BCUT2D eigenvalue weighted by Gasteiger charge is -2.37. The Labute approximate surface area is 210 Å². The monoisotopic (exact) mass is 511 g/mol. The molecule has 1 atom stereocenters. The number of hydrogen-bond donors (Lipinski definition) is 2. The van der Waals surface area contributed by atoms with Crippen LogP contribution in [0.2, 0.25) is 5.02 Å². The van der Waals surface area contributed by atoms with Crippen LogP contribution in [0.3, 0.4) is 0 Å². The van der Waals surface area contributed by atoms with E-state index in [9.17, 15) is 18.0 Å². The van der Waals surface area contributed by atoms with Gasteiger partial charge in [0.2, 0.25) is 11.8 Å². The fraction of sp³-hybridized carbons (Fsp3) is 0.231. The van der Waals surface area contributed by atoms with Crippen LogP contribution >= 0.6 is 11.6 Å². The van der Waals surface area contributed by atoms with Crippen molar-refractivity contribution in [1.29, 1.82) is 0 Å². The third-order valence-corrected chi connectivity index (χ3v) is 8.42. The topological polar surface area (TPSA) is 95.6 Å². The van der Waals surface area contributed by atoms with Crippen LogP contribution in [0, 0.1) is 20.8 Å². The predicted molar refractivity (Wildman–Crippen MR) is 137 cm³/mol. The van der Waals surface area contributed by atoms with Crippen molar-refractivity contribution < 1.29 is 18.0 Å². The Balaban J connectivity index is 1.71. The van der Waals surface area contributed by atoms with Crippen LogP contribution in [0.15, 0.2) is 65.6 Å². The maximum atomic E-state index is 14.1. The number of carbonyl (C=O) groups is 2. The number of nitrogens with zero attached hydrogens (tertiary/aromatic N) is 1. The first kappa shape index (κ1) is 24.8. The van der Waals surface area contributed by atoms with Gasteiger partial charge in [-0.2, -0.15) is 0 Å². The van der Waals surface area contributed by atoms with Gasteiger partial charge in [-0.25, -0.2) is 8.42 Å². The zero-order valence-electron chi connectivity index (χ0n) is 19.6. The molecule has 3 aromatic carbocycles. The summed E-state index contributed by atoms with van der Waals surface area (Å²) in [5.74, 6) is -1.04. The van der Waals surface area contributed by atoms with Gasteiger partial charge in [0.05, 0.1) is 22.7 Å². The van der Waals surface area contributed by atoms with Crippen LogP contribution in [0.4, 0.5) is 11.4 Å². The normalized spacial score (nSPS) is 15.4. The molecule has 1 aliphatic rings. The Morgan fingerprint density at radius 2 is 1.66 bits per heavy atom. The highest BCUT2D eigenvalue weighted by Crippen LogP contribution is 2.38. The first-order valence-corrected chi connectivity index (χ1v) is 12.9. The molecule has 7 nitrogen and oxygen atoms in total. The Bertz CT molecular complexity index is 1400. The lowest BCUT2D eigenvalue weighted by Crippen LogP contribution is -2.53.